The predicted molar refractivity (Wildman–Crippen MR) is 96.7 cm³/mol. The molecule has 3 aromatic rings. The summed E-state index contributed by atoms with van der Waals surface area (Å²) in [6.07, 6.45) is -5.29. The Hall–Kier alpha value is -3.31. The second kappa shape index (κ2) is 6.61. The summed E-state index contributed by atoms with van der Waals surface area (Å²) in [6.45, 7) is 1.89. The third kappa shape index (κ3) is 3.02. The molecular weight excluding hydrogens is 411 g/mol. The standard InChI is InChI=1S/C18H15F5N6O/c1-9-5-13-25-7-12-14(29(13)27-9)17(2,18(21,22)23)8-28(12)16(30)26-10-3-4-24-11(6-10)15(19)20/h3-7,15H,8H2,1-2H3,(H,24,26,30)/t17-/m1/s1. The molecular formula is C18H15F5N6O. The lowest BCUT2D eigenvalue weighted by atomic mass is 9.88. The Morgan fingerprint density at radius 2 is 2.00 bits per heavy atom. The second-order valence-electron chi connectivity index (χ2n) is 7.16. The van der Waals surface area contributed by atoms with Gasteiger partial charge in [-0.25, -0.2) is 23.1 Å². The van der Waals surface area contributed by atoms with Crippen LogP contribution in [0.5, 0.6) is 0 Å². The molecule has 0 bridgehead atoms. The van der Waals surface area contributed by atoms with Gasteiger partial charge in [0.25, 0.3) is 6.43 Å². The van der Waals surface area contributed by atoms with Crippen molar-refractivity contribution in [3.8, 4) is 0 Å². The minimum atomic E-state index is -4.69. The highest BCUT2D eigenvalue weighted by atomic mass is 19.4. The summed E-state index contributed by atoms with van der Waals surface area (Å²) in [7, 11) is 0. The number of anilines is 2. The topological polar surface area (TPSA) is 75.4 Å². The molecule has 0 spiro atoms. The lowest BCUT2D eigenvalue weighted by molar-refractivity contribution is -0.181. The fourth-order valence-electron chi connectivity index (χ4n) is 3.47. The van der Waals surface area contributed by atoms with Crippen LogP contribution < -0.4 is 10.2 Å². The molecule has 0 aromatic carbocycles. The lowest BCUT2D eigenvalue weighted by Crippen LogP contribution is -2.46. The quantitative estimate of drug-likeness (QED) is 0.622. The Morgan fingerprint density at radius 3 is 2.67 bits per heavy atom. The molecule has 1 aliphatic heterocycles. The zero-order valence-corrected chi connectivity index (χ0v) is 15.7. The van der Waals surface area contributed by atoms with Crippen molar-refractivity contribution in [1.29, 1.82) is 0 Å². The number of hydrogen-bond donors (Lipinski definition) is 1. The van der Waals surface area contributed by atoms with Gasteiger partial charge in [-0.15, -0.1) is 0 Å². The van der Waals surface area contributed by atoms with Gasteiger partial charge < -0.3 is 5.32 Å². The molecule has 4 rings (SSSR count). The van der Waals surface area contributed by atoms with Crippen LogP contribution in [0.15, 0.2) is 30.6 Å². The molecule has 1 aliphatic rings. The number of carbonyl (C=O) groups is 1. The predicted octanol–water partition coefficient (Wildman–Crippen LogP) is 4.24. The first-order valence-electron chi connectivity index (χ1n) is 8.76. The van der Waals surface area contributed by atoms with Crippen molar-refractivity contribution in [1.82, 2.24) is 19.6 Å². The molecule has 158 valence electrons. The van der Waals surface area contributed by atoms with Crippen LogP contribution in [0.1, 0.15) is 30.4 Å². The number of fused-ring (bicyclic) bond motifs is 3. The Labute approximate surface area is 166 Å². The van der Waals surface area contributed by atoms with E-state index in [0.29, 0.717) is 5.69 Å². The Balaban J connectivity index is 1.77. The lowest BCUT2D eigenvalue weighted by Gasteiger charge is -2.28. The molecule has 12 heteroatoms. The van der Waals surface area contributed by atoms with Crippen molar-refractivity contribution in [2.75, 3.05) is 16.8 Å². The Morgan fingerprint density at radius 1 is 1.27 bits per heavy atom. The Kier molecular flexibility index (Phi) is 4.40. The van der Waals surface area contributed by atoms with E-state index < -0.39 is 36.3 Å². The normalized spacial score (nSPS) is 18.9. The van der Waals surface area contributed by atoms with Crippen molar-refractivity contribution >= 4 is 23.1 Å². The number of urea groups is 1. The molecule has 7 nitrogen and oxygen atoms in total. The molecule has 0 fully saturated rings. The largest absolute Gasteiger partial charge is 0.401 e. The van der Waals surface area contributed by atoms with Gasteiger partial charge >= 0.3 is 12.2 Å². The van der Waals surface area contributed by atoms with Gasteiger partial charge in [-0.3, -0.25) is 9.88 Å². The molecule has 30 heavy (non-hydrogen) atoms. The highest BCUT2D eigenvalue weighted by Crippen LogP contribution is 2.49. The summed E-state index contributed by atoms with van der Waals surface area (Å²) in [5.41, 5.74) is -2.58. The van der Waals surface area contributed by atoms with Gasteiger partial charge in [0.05, 0.1) is 23.3 Å². The highest BCUT2D eigenvalue weighted by Gasteiger charge is 2.60. The summed E-state index contributed by atoms with van der Waals surface area (Å²) in [5.74, 6) is 0. The van der Waals surface area contributed by atoms with Gasteiger partial charge in [-0.05, 0) is 26.0 Å². The number of aryl methyl sites for hydroxylation is 1. The van der Waals surface area contributed by atoms with Gasteiger partial charge in [-0.2, -0.15) is 18.3 Å². The fourth-order valence-corrected chi connectivity index (χ4v) is 3.47. The van der Waals surface area contributed by atoms with E-state index in [9.17, 15) is 26.7 Å². The van der Waals surface area contributed by atoms with E-state index in [1.54, 1.807) is 6.92 Å². The Bertz CT molecular complexity index is 1140. The molecule has 2 amide bonds. The average Bonchev–Trinajstić information content (AvgIpc) is 3.19. The molecule has 0 unspecified atom stereocenters. The smallest absolute Gasteiger partial charge is 0.307 e. The van der Waals surface area contributed by atoms with Crippen molar-refractivity contribution in [2.45, 2.75) is 31.9 Å². The van der Waals surface area contributed by atoms with Crippen molar-refractivity contribution in [3.05, 3.63) is 47.7 Å². The number of carbonyl (C=O) groups excluding carboxylic acids is 1. The first kappa shape index (κ1) is 20.0. The highest BCUT2D eigenvalue weighted by molar-refractivity contribution is 6.03. The molecule has 4 heterocycles. The summed E-state index contributed by atoms with van der Waals surface area (Å²) in [4.78, 5) is 21.3. The first-order chi connectivity index (χ1) is 14.0. The number of nitrogens with one attached hydrogen (secondary N) is 1. The van der Waals surface area contributed by atoms with Crippen molar-refractivity contribution < 1.29 is 26.7 Å². The number of aromatic nitrogens is 4. The van der Waals surface area contributed by atoms with Crippen LogP contribution in [0.3, 0.4) is 0 Å². The van der Waals surface area contributed by atoms with Crippen molar-refractivity contribution in [2.24, 2.45) is 0 Å². The molecule has 3 aromatic heterocycles. The van der Waals surface area contributed by atoms with Gasteiger partial charge in [0.15, 0.2) is 5.65 Å². The van der Waals surface area contributed by atoms with Crippen LogP contribution in [0.4, 0.5) is 38.1 Å². The van der Waals surface area contributed by atoms with E-state index in [1.807, 2.05) is 0 Å². The molecule has 0 aliphatic carbocycles. The van der Waals surface area contributed by atoms with E-state index >= 15 is 0 Å². The van der Waals surface area contributed by atoms with Gasteiger partial charge in [-0.1, -0.05) is 0 Å². The number of nitrogens with zero attached hydrogens (tertiary/aromatic N) is 5. The zero-order valence-electron chi connectivity index (χ0n) is 15.7. The summed E-state index contributed by atoms with van der Waals surface area (Å²) in [5, 5.41) is 6.46. The summed E-state index contributed by atoms with van der Waals surface area (Å²) < 4.78 is 68.9. The minimum absolute atomic E-state index is 0.0172. The third-order valence-electron chi connectivity index (χ3n) is 5.00. The van der Waals surface area contributed by atoms with Crippen LogP contribution in [0.25, 0.3) is 5.65 Å². The van der Waals surface area contributed by atoms with Crippen LogP contribution in [0, 0.1) is 6.92 Å². The minimum Gasteiger partial charge on any atom is -0.307 e. The second-order valence-corrected chi connectivity index (χ2v) is 7.16. The average molecular weight is 426 g/mol. The van der Waals surface area contributed by atoms with Crippen LogP contribution in [-0.4, -0.2) is 38.3 Å². The zero-order chi connectivity index (χ0) is 21.8. The van der Waals surface area contributed by atoms with E-state index in [2.05, 4.69) is 20.4 Å². The monoisotopic (exact) mass is 426 g/mol. The van der Waals surface area contributed by atoms with E-state index in [0.717, 1.165) is 28.6 Å². The number of rotatable bonds is 2. The van der Waals surface area contributed by atoms with E-state index in [4.69, 9.17) is 0 Å². The number of hydrogen-bond acceptors (Lipinski definition) is 4. The number of amides is 2. The van der Waals surface area contributed by atoms with Crippen molar-refractivity contribution in [3.63, 3.8) is 0 Å². The maximum Gasteiger partial charge on any atom is 0.401 e. The maximum atomic E-state index is 14.1. The van der Waals surface area contributed by atoms with Crippen LogP contribution >= 0.6 is 0 Å². The molecule has 1 N–H and O–H groups in total. The molecule has 0 saturated heterocycles. The van der Waals surface area contributed by atoms with Gasteiger partial charge in [0, 0.05) is 24.5 Å². The van der Waals surface area contributed by atoms with Gasteiger partial charge in [0.1, 0.15) is 11.1 Å². The fraction of sp³-hybridized carbons (Fsp3) is 0.333. The number of pyridine rings is 1. The SMILES string of the molecule is Cc1cc2ncc3c(n2n1)[C@](C)(C(F)(F)F)CN3C(=O)Nc1ccnc(C(F)F)c1. The number of alkyl halides is 5. The summed E-state index contributed by atoms with van der Waals surface area (Å²) >= 11 is 0. The first-order valence-corrected chi connectivity index (χ1v) is 8.76. The van der Waals surface area contributed by atoms with Gasteiger partial charge in [0.2, 0.25) is 0 Å². The maximum absolute atomic E-state index is 14.1. The van der Waals surface area contributed by atoms with E-state index in [-0.39, 0.29) is 22.7 Å². The summed E-state index contributed by atoms with van der Waals surface area (Å²) in [6, 6.07) is 2.84. The molecule has 0 radical (unpaired) electrons. The third-order valence-corrected chi connectivity index (χ3v) is 5.00. The molecule has 0 saturated carbocycles. The number of halogens is 5. The van der Waals surface area contributed by atoms with Crippen LogP contribution in [-0.2, 0) is 5.41 Å². The molecule has 1 atom stereocenters. The van der Waals surface area contributed by atoms with E-state index in [1.165, 1.54) is 18.3 Å². The van der Waals surface area contributed by atoms with Crippen LogP contribution in [0.2, 0.25) is 0 Å².